The Bertz CT molecular complexity index is 570. The van der Waals surface area contributed by atoms with Crippen molar-refractivity contribution in [3.05, 3.63) is 45.8 Å². The summed E-state index contributed by atoms with van der Waals surface area (Å²) in [5.74, 6) is 5.07. The van der Waals surface area contributed by atoms with Gasteiger partial charge in [0, 0.05) is 10.5 Å². The molecule has 0 atom stereocenters. The monoisotopic (exact) mass is 257 g/mol. The molecule has 0 aromatic heterocycles. The molecule has 0 heterocycles. The van der Waals surface area contributed by atoms with Gasteiger partial charge in [-0.25, -0.2) is 4.79 Å². The van der Waals surface area contributed by atoms with Crippen molar-refractivity contribution in [2.24, 2.45) is 5.11 Å². The van der Waals surface area contributed by atoms with E-state index in [2.05, 4.69) is 21.9 Å². The molecule has 0 aliphatic rings. The Kier molecular flexibility index (Phi) is 4.99. The molecule has 0 N–H and O–H groups in total. The predicted octanol–water partition coefficient (Wildman–Crippen LogP) is 3.30. The molecule has 0 unspecified atom stereocenters. The molecule has 19 heavy (non-hydrogen) atoms. The molecule has 5 nitrogen and oxygen atoms in total. The van der Waals surface area contributed by atoms with E-state index in [1.807, 2.05) is 0 Å². The van der Waals surface area contributed by atoms with Gasteiger partial charge in [0.15, 0.2) is 0 Å². The van der Waals surface area contributed by atoms with Crippen molar-refractivity contribution >= 4 is 5.97 Å². The Morgan fingerprint density at radius 2 is 2.11 bits per heavy atom. The maximum atomic E-state index is 12.0. The van der Waals surface area contributed by atoms with E-state index < -0.39 is 11.6 Å². The molecule has 0 bridgehead atoms. The second kappa shape index (κ2) is 6.48. The SMILES string of the molecule is CC(C)(C)OC(=O)c1ccccc1C#CCN=[N+]=[N-]. The Morgan fingerprint density at radius 3 is 2.74 bits per heavy atom. The third-order valence-corrected chi connectivity index (χ3v) is 1.98. The van der Waals surface area contributed by atoms with Gasteiger partial charge < -0.3 is 4.74 Å². The zero-order chi connectivity index (χ0) is 14.3. The van der Waals surface area contributed by atoms with Gasteiger partial charge >= 0.3 is 5.97 Å². The van der Waals surface area contributed by atoms with Crippen LogP contribution in [0, 0.1) is 11.8 Å². The Hall–Kier alpha value is -2.44. The molecule has 0 fully saturated rings. The highest BCUT2D eigenvalue weighted by molar-refractivity contribution is 5.92. The third-order valence-electron chi connectivity index (χ3n) is 1.98. The Balaban J connectivity index is 2.97. The van der Waals surface area contributed by atoms with Crippen molar-refractivity contribution in [3.8, 4) is 11.8 Å². The maximum Gasteiger partial charge on any atom is 0.339 e. The molecule has 5 heteroatoms. The minimum atomic E-state index is -0.553. The highest BCUT2D eigenvalue weighted by Crippen LogP contribution is 2.14. The van der Waals surface area contributed by atoms with Crippen LogP contribution < -0.4 is 0 Å². The van der Waals surface area contributed by atoms with Crippen molar-refractivity contribution in [1.82, 2.24) is 0 Å². The lowest BCUT2D eigenvalue weighted by atomic mass is 10.1. The standard InChI is InChI=1S/C14H15N3O2/c1-14(2,3)19-13(18)12-9-5-4-7-11(12)8-6-10-16-17-15/h4-5,7,9H,10H2,1-3H3. The average Bonchev–Trinajstić information content (AvgIpc) is 2.33. The average molecular weight is 257 g/mol. The minimum Gasteiger partial charge on any atom is -0.456 e. The van der Waals surface area contributed by atoms with Crippen molar-refractivity contribution < 1.29 is 9.53 Å². The summed E-state index contributed by atoms with van der Waals surface area (Å²) < 4.78 is 5.30. The molecule has 1 aromatic rings. The fourth-order valence-electron chi connectivity index (χ4n) is 1.30. The smallest absolute Gasteiger partial charge is 0.339 e. The minimum absolute atomic E-state index is 0.0686. The van der Waals surface area contributed by atoms with E-state index in [0.29, 0.717) is 11.1 Å². The highest BCUT2D eigenvalue weighted by Gasteiger charge is 2.19. The summed E-state index contributed by atoms with van der Waals surface area (Å²) in [6.45, 7) is 5.49. The van der Waals surface area contributed by atoms with Crippen LogP contribution in [0.3, 0.4) is 0 Å². The van der Waals surface area contributed by atoms with Gasteiger partial charge in [0.05, 0.1) is 12.1 Å². The van der Waals surface area contributed by atoms with Crippen LogP contribution in [0.15, 0.2) is 29.4 Å². The second-order valence-corrected chi connectivity index (χ2v) is 4.74. The van der Waals surface area contributed by atoms with Gasteiger partial charge in [-0.3, -0.25) is 0 Å². The predicted molar refractivity (Wildman–Crippen MR) is 72.5 cm³/mol. The molecule has 0 radical (unpaired) electrons. The fraction of sp³-hybridized carbons (Fsp3) is 0.357. The lowest BCUT2D eigenvalue weighted by molar-refractivity contribution is 0.00693. The highest BCUT2D eigenvalue weighted by atomic mass is 16.6. The quantitative estimate of drug-likeness (QED) is 0.268. The first-order chi connectivity index (χ1) is 8.94. The van der Waals surface area contributed by atoms with E-state index in [-0.39, 0.29) is 6.54 Å². The summed E-state index contributed by atoms with van der Waals surface area (Å²) in [6, 6.07) is 6.91. The Morgan fingerprint density at radius 1 is 1.42 bits per heavy atom. The lowest BCUT2D eigenvalue weighted by Crippen LogP contribution is -2.24. The van der Waals surface area contributed by atoms with E-state index in [1.54, 1.807) is 45.0 Å². The molecule has 0 aliphatic carbocycles. The molecule has 1 aromatic carbocycles. The first kappa shape index (κ1) is 14.6. The van der Waals surface area contributed by atoms with Crippen molar-refractivity contribution in [2.45, 2.75) is 26.4 Å². The summed E-state index contributed by atoms with van der Waals surface area (Å²) in [4.78, 5) is 14.6. The molecule has 1 rings (SSSR count). The number of carbonyl (C=O) groups excluding carboxylic acids is 1. The lowest BCUT2D eigenvalue weighted by Gasteiger charge is -2.19. The third kappa shape index (κ3) is 5.15. The maximum absolute atomic E-state index is 12.0. The van der Waals surface area contributed by atoms with Gasteiger partial charge in [-0.05, 0) is 38.4 Å². The summed E-state index contributed by atoms with van der Waals surface area (Å²) in [5, 5.41) is 3.31. The van der Waals surface area contributed by atoms with Gasteiger partial charge in [0.2, 0.25) is 0 Å². The number of benzene rings is 1. The van der Waals surface area contributed by atoms with Crippen LogP contribution >= 0.6 is 0 Å². The summed E-state index contributed by atoms with van der Waals surface area (Å²) in [6.07, 6.45) is 0. The fourth-order valence-corrected chi connectivity index (χ4v) is 1.30. The number of hydrogen-bond acceptors (Lipinski definition) is 3. The second-order valence-electron chi connectivity index (χ2n) is 4.74. The van der Waals surface area contributed by atoms with Crippen molar-refractivity contribution in [3.63, 3.8) is 0 Å². The molecular formula is C14H15N3O2. The number of azide groups is 1. The van der Waals surface area contributed by atoms with Gasteiger partial charge in [0.1, 0.15) is 5.60 Å². The molecule has 0 saturated carbocycles. The number of ether oxygens (including phenoxy) is 1. The molecule has 0 spiro atoms. The number of nitrogens with zero attached hydrogens (tertiary/aromatic N) is 3. The molecule has 98 valence electrons. The Labute approximate surface area is 112 Å². The van der Waals surface area contributed by atoms with Crippen LogP contribution in [0.1, 0.15) is 36.7 Å². The van der Waals surface area contributed by atoms with Crippen molar-refractivity contribution in [1.29, 1.82) is 0 Å². The molecule has 0 amide bonds. The van der Waals surface area contributed by atoms with Gasteiger partial charge in [-0.1, -0.05) is 29.1 Å². The van der Waals surface area contributed by atoms with Crippen LogP contribution in [0.5, 0.6) is 0 Å². The van der Waals surface area contributed by atoms with Crippen LogP contribution in [0.25, 0.3) is 10.4 Å². The summed E-state index contributed by atoms with van der Waals surface area (Å²) >= 11 is 0. The van der Waals surface area contributed by atoms with Gasteiger partial charge in [-0.15, -0.1) is 0 Å². The largest absolute Gasteiger partial charge is 0.456 e. The van der Waals surface area contributed by atoms with Crippen LogP contribution in [0.4, 0.5) is 0 Å². The normalized spacial score (nSPS) is 9.84. The summed E-state index contributed by atoms with van der Waals surface area (Å²) in [5.41, 5.74) is 8.57. The first-order valence-corrected chi connectivity index (χ1v) is 5.76. The number of hydrogen-bond donors (Lipinski definition) is 0. The number of carbonyl (C=O) groups is 1. The van der Waals surface area contributed by atoms with E-state index in [0.717, 1.165) is 0 Å². The topological polar surface area (TPSA) is 75.1 Å². The number of esters is 1. The van der Waals surface area contributed by atoms with Gasteiger partial charge in [-0.2, -0.15) is 0 Å². The van der Waals surface area contributed by atoms with Crippen LogP contribution in [-0.2, 0) is 4.74 Å². The van der Waals surface area contributed by atoms with Crippen LogP contribution in [-0.4, -0.2) is 18.1 Å². The van der Waals surface area contributed by atoms with E-state index in [9.17, 15) is 4.79 Å². The molecular weight excluding hydrogens is 242 g/mol. The van der Waals surface area contributed by atoms with Gasteiger partial charge in [0.25, 0.3) is 0 Å². The molecule has 0 aliphatic heterocycles. The summed E-state index contributed by atoms with van der Waals surface area (Å²) in [7, 11) is 0. The van der Waals surface area contributed by atoms with E-state index in [1.165, 1.54) is 0 Å². The van der Waals surface area contributed by atoms with E-state index in [4.69, 9.17) is 10.3 Å². The van der Waals surface area contributed by atoms with E-state index >= 15 is 0 Å². The first-order valence-electron chi connectivity index (χ1n) is 5.76. The van der Waals surface area contributed by atoms with Crippen molar-refractivity contribution in [2.75, 3.05) is 6.54 Å². The zero-order valence-electron chi connectivity index (χ0n) is 11.2. The zero-order valence-corrected chi connectivity index (χ0v) is 11.2. The van der Waals surface area contributed by atoms with Crippen LogP contribution in [0.2, 0.25) is 0 Å². The molecule has 0 saturated heterocycles. The number of rotatable bonds is 2.